The molecule has 22 heavy (non-hydrogen) atoms. The number of alkyl halides is 3. The average molecular weight is 326 g/mol. The molecule has 114 valence electrons. The van der Waals surface area contributed by atoms with Gasteiger partial charge in [0.1, 0.15) is 0 Å². The summed E-state index contributed by atoms with van der Waals surface area (Å²) in [4.78, 5) is 11.7. The van der Waals surface area contributed by atoms with Gasteiger partial charge in [0, 0.05) is 16.8 Å². The lowest BCUT2D eigenvalue weighted by atomic mass is 10.1. The topological polar surface area (TPSA) is 29.1 Å². The quantitative estimate of drug-likeness (QED) is 0.790. The smallest absolute Gasteiger partial charge is 0.323 e. The fourth-order valence-electron chi connectivity index (χ4n) is 1.71. The van der Waals surface area contributed by atoms with Crippen molar-refractivity contribution in [3.63, 3.8) is 0 Å². The summed E-state index contributed by atoms with van der Waals surface area (Å²) in [5, 5.41) is 3.12. The highest BCUT2D eigenvalue weighted by atomic mass is 35.5. The maximum atomic E-state index is 12.6. The number of hydrogen-bond donors (Lipinski definition) is 1. The van der Waals surface area contributed by atoms with E-state index in [4.69, 9.17) is 11.6 Å². The standard InChI is InChI=1S/C16H11ClF3NO/c17-13-5-7-14(8-6-13)21-15(22)9-4-11-2-1-3-12(10-11)16(18,19)20/h1-10H,(H,21,22). The third-order valence-corrected chi connectivity index (χ3v) is 3.00. The van der Waals surface area contributed by atoms with Crippen LogP contribution in [0.5, 0.6) is 0 Å². The highest BCUT2D eigenvalue weighted by molar-refractivity contribution is 6.30. The van der Waals surface area contributed by atoms with Gasteiger partial charge in [0.25, 0.3) is 0 Å². The fraction of sp³-hybridized carbons (Fsp3) is 0.0625. The van der Waals surface area contributed by atoms with Gasteiger partial charge in [-0.1, -0.05) is 23.7 Å². The Balaban J connectivity index is 2.05. The van der Waals surface area contributed by atoms with Crippen molar-refractivity contribution in [2.24, 2.45) is 0 Å². The predicted octanol–water partition coefficient (Wildman–Crippen LogP) is 5.01. The lowest BCUT2D eigenvalue weighted by Crippen LogP contribution is -2.07. The Kier molecular flexibility index (Phi) is 4.88. The van der Waals surface area contributed by atoms with Crippen LogP contribution in [-0.4, -0.2) is 5.91 Å². The summed E-state index contributed by atoms with van der Waals surface area (Å²) in [6.45, 7) is 0. The summed E-state index contributed by atoms with van der Waals surface area (Å²) in [5.41, 5.74) is 0.0805. The maximum absolute atomic E-state index is 12.6. The number of nitrogens with one attached hydrogen (secondary N) is 1. The molecule has 0 fully saturated rings. The van der Waals surface area contributed by atoms with E-state index < -0.39 is 17.6 Å². The van der Waals surface area contributed by atoms with Crippen LogP contribution in [0.25, 0.3) is 6.08 Å². The molecule has 6 heteroatoms. The third-order valence-electron chi connectivity index (χ3n) is 2.75. The Morgan fingerprint density at radius 3 is 2.41 bits per heavy atom. The van der Waals surface area contributed by atoms with Gasteiger partial charge in [-0.25, -0.2) is 0 Å². The van der Waals surface area contributed by atoms with E-state index in [9.17, 15) is 18.0 Å². The molecule has 0 spiro atoms. The van der Waals surface area contributed by atoms with Crippen molar-refractivity contribution in [3.05, 3.63) is 70.8 Å². The molecule has 0 saturated carbocycles. The molecular weight excluding hydrogens is 315 g/mol. The number of rotatable bonds is 3. The van der Waals surface area contributed by atoms with E-state index in [1.54, 1.807) is 24.3 Å². The SMILES string of the molecule is O=C(C=Cc1cccc(C(F)(F)F)c1)Nc1ccc(Cl)cc1. The van der Waals surface area contributed by atoms with Crippen LogP contribution < -0.4 is 5.32 Å². The van der Waals surface area contributed by atoms with Gasteiger partial charge in [-0.15, -0.1) is 0 Å². The zero-order chi connectivity index (χ0) is 16.2. The first kappa shape index (κ1) is 16.1. The van der Waals surface area contributed by atoms with Gasteiger partial charge in [0.15, 0.2) is 0 Å². The highest BCUT2D eigenvalue weighted by Crippen LogP contribution is 2.29. The molecule has 0 atom stereocenters. The molecule has 0 aliphatic heterocycles. The van der Waals surface area contributed by atoms with Crippen LogP contribution in [-0.2, 0) is 11.0 Å². The van der Waals surface area contributed by atoms with Gasteiger partial charge >= 0.3 is 6.18 Å². The number of halogens is 4. The lowest BCUT2D eigenvalue weighted by molar-refractivity contribution is -0.137. The Morgan fingerprint density at radius 1 is 1.09 bits per heavy atom. The van der Waals surface area contributed by atoms with Crippen molar-refractivity contribution in [1.82, 2.24) is 0 Å². The van der Waals surface area contributed by atoms with E-state index in [-0.39, 0.29) is 0 Å². The first-order valence-electron chi connectivity index (χ1n) is 6.26. The molecule has 0 bridgehead atoms. The van der Waals surface area contributed by atoms with Crippen molar-refractivity contribution in [3.8, 4) is 0 Å². The van der Waals surface area contributed by atoms with Crippen LogP contribution in [0.2, 0.25) is 5.02 Å². The second-order valence-corrected chi connectivity index (χ2v) is 4.89. The van der Waals surface area contributed by atoms with Crippen molar-refractivity contribution in [2.75, 3.05) is 5.32 Å². The first-order valence-corrected chi connectivity index (χ1v) is 6.64. The molecule has 0 unspecified atom stereocenters. The van der Waals surface area contributed by atoms with Crippen molar-refractivity contribution >= 4 is 29.3 Å². The minimum absolute atomic E-state index is 0.293. The van der Waals surface area contributed by atoms with Crippen LogP contribution >= 0.6 is 11.6 Å². The average Bonchev–Trinajstić information content (AvgIpc) is 2.47. The molecule has 2 rings (SSSR count). The molecule has 2 aromatic rings. The number of carbonyl (C=O) groups is 1. The van der Waals surface area contributed by atoms with Crippen molar-refractivity contribution in [2.45, 2.75) is 6.18 Å². The Hall–Kier alpha value is -2.27. The van der Waals surface area contributed by atoms with Crippen LogP contribution in [0.1, 0.15) is 11.1 Å². The summed E-state index contributed by atoms with van der Waals surface area (Å²) >= 11 is 5.72. The predicted molar refractivity (Wildman–Crippen MR) is 80.6 cm³/mol. The van der Waals surface area contributed by atoms with Crippen LogP contribution in [0.4, 0.5) is 18.9 Å². The minimum Gasteiger partial charge on any atom is -0.323 e. The molecule has 1 N–H and O–H groups in total. The van der Waals surface area contributed by atoms with Gasteiger partial charge in [-0.2, -0.15) is 13.2 Å². The van der Waals surface area contributed by atoms with Crippen molar-refractivity contribution in [1.29, 1.82) is 0 Å². The number of hydrogen-bond acceptors (Lipinski definition) is 1. The summed E-state index contributed by atoms with van der Waals surface area (Å²) in [6, 6.07) is 11.2. The van der Waals surface area contributed by atoms with Crippen molar-refractivity contribution < 1.29 is 18.0 Å². The summed E-state index contributed by atoms with van der Waals surface area (Å²) in [7, 11) is 0. The van der Waals surface area contributed by atoms with Crippen LogP contribution in [0, 0.1) is 0 Å². The molecule has 0 radical (unpaired) electrons. The van der Waals surface area contributed by atoms with Gasteiger partial charge < -0.3 is 5.32 Å². The van der Waals surface area contributed by atoms with Gasteiger partial charge in [-0.3, -0.25) is 4.79 Å². The molecule has 0 aliphatic rings. The van der Waals surface area contributed by atoms with Gasteiger partial charge in [-0.05, 0) is 48.0 Å². The summed E-state index contributed by atoms with van der Waals surface area (Å²) in [5.74, 6) is -0.445. The van der Waals surface area contributed by atoms with E-state index in [1.165, 1.54) is 24.3 Å². The molecule has 2 nitrogen and oxygen atoms in total. The molecule has 0 heterocycles. The lowest BCUT2D eigenvalue weighted by Gasteiger charge is -2.06. The van der Waals surface area contributed by atoms with Crippen LogP contribution in [0.15, 0.2) is 54.6 Å². The highest BCUT2D eigenvalue weighted by Gasteiger charge is 2.30. The number of benzene rings is 2. The summed E-state index contributed by atoms with van der Waals surface area (Å²) in [6.07, 6.45) is -1.92. The Labute approximate surface area is 130 Å². The minimum atomic E-state index is -4.41. The fourth-order valence-corrected chi connectivity index (χ4v) is 1.83. The van der Waals surface area contributed by atoms with E-state index in [2.05, 4.69) is 5.32 Å². The van der Waals surface area contributed by atoms with E-state index >= 15 is 0 Å². The molecule has 0 saturated heterocycles. The van der Waals surface area contributed by atoms with E-state index in [0.29, 0.717) is 16.3 Å². The molecule has 2 aromatic carbocycles. The summed E-state index contributed by atoms with van der Waals surface area (Å²) < 4.78 is 37.7. The number of carbonyl (C=O) groups excluding carboxylic acids is 1. The van der Waals surface area contributed by atoms with Crippen LogP contribution in [0.3, 0.4) is 0 Å². The largest absolute Gasteiger partial charge is 0.416 e. The second-order valence-electron chi connectivity index (χ2n) is 4.45. The zero-order valence-corrected chi connectivity index (χ0v) is 11.9. The third kappa shape index (κ3) is 4.63. The molecule has 0 aromatic heterocycles. The molecule has 1 amide bonds. The normalized spacial score (nSPS) is 11.6. The Morgan fingerprint density at radius 2 is 1.77 bits per heavy atom. The Bertz CT molecular complexity index is 693. The maximum Gasteiger partial charge on any atom is 0.416 e. The monoisotopic (exact) mass is 325 g/mol. The molecular formula is C16H11ClF3NO. The number of amides is 1. The van der Waals surface area contributed by atoms with Gasteiger partial charge in [0.2, 0.25) is 5.91 Å². The van der Waals surface area contributed by atoms with Gasteiger partial charge in [0.05, 0.1) is 5.56 Å². The zero-order valence-electron chi connectivity index (χ0n) is 11.2. The second kappa shape index (κ2) is 6.66. The van der Waals surface area contributed by atoms with E-state index in [1.807, 2.05) is 0 Å². The van der Waals surface area contributed by atoms with E-state index in [0.717, 1.165) is 12.1 Å². The first-order chi connectivity index (χ1) is 10.3. The molecule has 0 aliphatic carbocycles. The number of anilines is 1.